The van der Waals surface area contributed by atoms with Gasteiger partial charge in [-0.1, -0.05) is 29.8 Å². The van der Waals surface area contributed by atoms with E-state index in [9.17, 15) is 4.79 Å². The van der Waals surface area contributed by atoms with Gasteiger partial charge in [0.1, 0.15) is 0 Å². The molecule has 0 radical (unpaired) electrons. The van der Waals surface area contributed by atoms with Crippen LogP contribution in [0.2, 0.25) is 5.02 Å². The van der Waals surface area contributed by atoms with Crippen LogP contribution in [0.4, 0.5) is 0 Å². The molecule has 12 heavy (non-hydrogen) atoms. The maximum Gasteiger partial charge on any atom is 0.168 e. The Balaban J connectivity index is 2.94. The summed E-state index contributed by atoms with van der Waals surface area (Å²) >= 11 is 5.80. The van der Waals surface area contributed by atoms with E-state index in [2.05, 4.69) is 6.58 Å². The van der Waals surface area contributed by atoms with Crippen LogP contribution in [0.25, 0.3) is 0 Å². The van der Waals surface area contributed by atoms with Crippen molar-refractivity contribution in [3.8, 4) is 0 Å². The van der Waals surface area contributed by atoms with Gasteiger partial charge in [0.25, 0.3) is 0 Å². The van der Waals surface area contributed by atoms with Crippen LogP contribution in [0.1, 0.15) is 16.8 Å². The molecule has 1 aromatic carbocycles. The lowest BCUT2D eigenvalue weighted by Gasteiger charge is -1.99. The molecule has 0 N–H and O–H groups in total. The fraction of sp³-hybridized carbons (Fsp3) is 0.100. The van der Waals surface area contributed by atoms with Gasteiger partial charge in [-0.15, -0.1) is 6.58 Å². The lowest BCUT2D eigenvalue weighted by Crippen LogP contribution is -1.97. The number of allylic oxidation sites excluding steroid dienone is 1. The minimum atomic E-state index is 0.00981. The molecule has 0 saturated carbocycles. The van der Waals surface area contributed by atoms with Crippen LogP contribution in [0.3, 0.4) is 0 Å². The van der Waals surface area contributed by atoms with Crippen LogP contribution in [-0.4, -0.2) is 5.78 Å². The Hall–Kier alpha value is -1.08. The van der Waals surface area contributed by atoms with Gasteiger partial charge in [-0.3, -0.25) is 4.79 Å². The largest absolute Gasteiger partial charge is 0.294 e. The predicted molar refractivity (Wildman–Crippen MR) is 50.6 cm³/mol. The number of hydrogen-bond acceptors (Lipinski definition) is 1. The van der Waals surface area contributed by atoms with E-state index in [1.54, 1.807) is 30.3 Å². The minimum Gasteiger partial charge on any atom is -0.294 e. The first-order valence-corrected chi connectivity index (χ1v) is 4.02. The van der Waals surface area contributed by atoms with Crippen molar-refractivity contribution in [2.45, 2.75) is 6.42 Å². The second-order valence-electron chi connectivity index (χ2n) is 2.40. The van der Waals surface area contributed by atoms with Crippen molar-refractivity contribution >= 4 is 17.4 Å². The van der Waals surface area contributed by atoms with Crippen LogP contribution in [0.5, 0.6) is 0 Å². The van der Waals surface area contributed by atoms with Gasteiger partial charge in [-0.2, -0.15) is 0 Å². The molecule has 0 fully saturated rings. The summed E-state index contributed by atoms with van der Waals surface area (Å²) in [4.78, 5) is 11.3. The number of benzene rings is 1. The molecule has 0 aromatic heterocycles. The molecule has 0 bridgehead atoms. The molecule has 0 spiro atoms. The second-order valence-corrected chi connectivity index (χ2v) is 2.80. The minimum absolute atomic E-state index is 0.00981. The van der Waals surface area contributed by atoms with Gasteiger partial charge in [-0.05, 0) is 12.1 Å². The molecule has 2 heteroatoms. The molecule has 0 heterocycles. The van der Waals surface area contributed by atoms with E-state index < -0.39 is 0 Å². The predicted octanol–water partition coefficient (Wildman–Crippen LogP) is 3.10. The van der Waals surface area contributed by atoms with Crippen molar-refractivity contribution in [2.75, 3.05) is 0 Å². The molecule has 1 nitrogen and oxygen atoms in total. The van der Waals surface area contributed by atoms with Crippen molar-refractivity contribution in [1.29, 1.82) is 0 Å². The first kappa shape index (κ1) is 9.01. The Morgan fingerprint density at radius 3 is 2.75 bits per heavy atom. The zero-order valence-electron chi connectivity index (χ0n) is 6.59. The van der Waals surface area contributed by atoms with E-state index in [-0.39, 0.29) is 5.78 Å². The summed E-state index contributed by atoms with van der Waals surface area (Å²) < 4.78 is 0. The summed E-state index contributed by atoms with van der Waals surface area (Å²) in [5.74, 6) is 0.00981. The Labute approximate surface area is 76.7 Å². The zero-order chi connectivity index (χ0) is 8.97. The van der Waals surface area contributed by atoms with Crippen LogP contribution in [0.15, 0.2) is 36.9 Å². The molecule has 0 aliphatic carbocycles. The number of hydrogen-bond donors (Lipinski definition) is 0. The molecule has 0 unspecified atom stereocenters. The van der Waals surface area contributed by atoms with Gasteiger partial charge in [0.2, 0.25) is 0 Å². The maximum atomic E-state index is 11.3. The molecular weight excluding hydrogens is 172 g/mol. The van der Waals surface area contributed by atoms with Crippen LogP contribution < -0.4 is 0 Å². The van der Waals surface area contributed by atoms with Gasteiger partial charge in [0, 0.05) is 12.0 Å². The highest BCUT2D eigenvalue weighted by atomic mass is 35.5. The molecular formula is C10H9ClO. The number of halogens is 1. The standard InChI is InChI=1S/C10H9ClO/c1-2-5-10(12)8-6-3-4-7-9(8)11/h2-4,6-7H,1,5H2. The van der Waals surface area contributed by atoms with Gasteiger partial charge < -0.3 is 0 Å². The fourth-order valence-corrected chi connectivity index (χ4v) is 1.17. The first-order chi connectivity index (χ1) is 5.75. The average molecular weight is 181 g/mol. The molecule has 0 amide bonds. The van der Waals surface area contributed by atoms with Crippen LogP contribution in [-0.2, 0) is 0 Å². The summed E-state index contributed by atoms with van der Waals surface area (Å²) in [6.45, 7) is 3.49. The average Bonchev–Trinajstić information content (AvgIpc) is 2.05. The quantitative estimate of drug-likeness (QED) is 0.516. The number of Topliss-reactive ketones (excluding diaryl/α,β-unsaturated/α-hetero) is 1. The highest BCUT2D eigenvalue weighted by molar-refractivity contribution is 6.33. The number of carbonyl (C=O) groups excluding carboxylic acids is 1. The lowest BCUT2D eigenvalue weighted by atomic mass is 10.1. The monoisotopic (exact) mass is 180 g/mol. The van der Waals surface area contributed by atoms with Crippen LogP contribution in [0, 0.1) is 0 Å². The third-order valence-corrected chi connectivity index (χ3v) is 1.83. The van der Waals surface area contributed by atoms with Gasteiger partial charge in [0.15, 0.2) is 5.78 Å². The Kier molecular flexibility index (Phi) is 3.06. The van der Waals surface area contributed by atoms with Gasteiger partial charge in [-0.25, -0.2) is 0 Å². The zero-order valence-corrected chi connectivity index (χ0v) is 7.34. The normalized spacial score (nSPS) is 9.42. The van der Waals surface area contributed by atoms with E-state index in [0.29, 0.717) is 17.0 Å². The smallest absolute Gasteiger partial charge is 0.168 e. The summed E-state index contributed by atoms with van der Waals surface area (Å²) in [6.07, 6.45) is 1.91. The number of rotatable bonds is 3. The highest BCUT2D eigenvalue weighted by Gasteiger charge is 2.06. The molecule has 0 aliphatic heterocycles. The summed E-state index contributed by atoms with van der Waals surface area (Å²) in [5.41, 5.74) is 0.569. The lowest BCUT2D eigenvalue weighted by molar-refractivity contribution is 0.0996. The first-order valence-electron chi connectivity index (χ1n) is 3.64. The fourth-order valence-electron chi connectivity index (χ4n) is 0.928. The number of ketones is 1. The SMILES string of the molecule is C=CCC(=O)c1ccccc1Cl. The van der Waals surface area contributed by atoms with Crippen molar-refractivity contribution in [1.82, 2.24) is 0 Å². The van der Waals surface area contributed by atoms with Gasteiger partial charge in [0.05, 0.1) is 5.02 Å². The molecule has 1 rings (SSSR count). The third kappa shape index (κ3) is 1.95. The van der Waals surface area contributed by atoms with E-state index in [0.717, 1.165) is 0 Å². The third-order valence-electron chi connectivity index (χ3n) is 1.50. The Morgan fingerprint density at radius 2 is 2.17 bits per heavy atom. The van der Waals surface area contributed by atoms with E-state index in [1.807, 2.05) is 0 Å². The molecule has 0 aliphatic rings. The Morgan fingerprint density at radius 1 is 1.50 bits per heavy atom. The summed E-state index contributed by atoms with van der Waals surface area (Å²) in [5, 5.41) is 0.504. The highest BCUT2D eigenvalue weighted by Crippen LogP contribution is 2.16. The van der Waals surface area contributed by atoms with E-state index in [1.165, 1.54) is 0 Å². The van der Waals surface area contributed by atoms with Crippen molar-refractivity contribution in [3.63, 3.8) is 0 Å². The van der Waals surface area contributed by atoms with E-state index in [4.69, 9.17) is 11.6 Å². The molecule has 62 valence electrons. The molecule has 1 aromatic rings. The second kappa shape index (κ2) is 4.07. The van der Waals surface area contributed by atoms with Crippen molar-refractivity contribution in [3.05, 3.63) is 47.5 Å². The summed E-state index contributed by atoms with van der Waals surface area (Å²) in [7, 11) is 0. The molecule has 0 saturated heterocycles. The maximum absolute atomic E-state index is 11.3. The summed E-state index contributed by atoms with van der Waals surface area (Å²) in [6, 6.07) is 7.02. The molecule has 0 atom stereocenters. The number of carbonyl (C=O) groups is 1. The van der Waals surface area contributed by atoms with E-state index >= 15 is 0 Å². The topological polar surface area (TPSA) is 17.1 Å². The Bertz CT molecular complexity index is 304. The van der Waals surface area contributed by atoms with Crippen LogP contribution >= 0.6 is 11.6 Å². The van der Waals surface area contributed by atoms with Crippen molar-refractivity contribution < 1.29 is 4.79 Å². The van der Waals surface area contributed by atoms with Crippen molar-refractivity contribution in [2.24, 2.45) is 0 Å². The van der Waals surface area contributed by atoms with Gasteiger partial charge >= 0.3 is 0 Å².